The highest BCUT2D eigenvalue weighted by atomic mass is 19.4. The number of carbonyl (C=O) groups excluding carboxylic acids is 1. The number of carbonyl (C=O) groups is 1. The minimum Gasteiger partial charge on any atom is -0.377 e. The molecule has 196 valence electrons. The number of morpholine rings is 1. The number of hydrogen-bond donors (Lipinski definition) is 2. The summed E-state index contributed by atoms with van der Waals surface area (Å²) in [7, 11) is 2.05. The number of aromatic nitrogens is 4. The van der Waals surface area contributed by atoms with Gasteiger partial charge in [0.05, 0.1) is 36.9 Å². The fourth-order valence-corrected chi connectivity index (χ4v) is 5.05. The molecular weight excluding hydrogens is 489 g/mol. The summed E-state index contributed by atoms with van der Waals surface area (Å²) < 4.78 is 46.6. The summed E-state index contributed by atoms with van der Waals surface area (Å²) in [6, 6.07) is 6.92. The van der Waals surface area contributed by atoms with Crippen molar-refractivity contribution in [3.63, 3.8) is 0 Å². The van der Waals surface area contributed by atoms with Crippen molar-refractivity contribution in [2.45, 2.75) is 43.7 Å². The summed E-state index contributed by atoms with van der Waals surface area (Å²) >= 11 is 0. The number of amides is 2. The van der Waals surface area contributed by atoms with E-state index in [1.165, 1.54) is 6.20 Å². The van der Waals surface area contributed by atoms with E-state index in [4.69, 9.17) is 9.72 Å². The van der Waals surface area contributed by atoms with Crippen LogP contribution in [-0.4, -0.2) is 88.3 Å². The molecule has 2 N–H and O–H groups in total. The van der Waals surface area contributed by atoms with Gasteiger partial charge < -0.3 is 25.2 Å². The van der Waals surface area contributed by atoms with Crippen LogP contribution >= 0.6 is 0 Å². The third kappa shape index (κ3) is 5.05. The Balaban J connectivity index is 1.38. The van der Waals surface area contributed by atoms with E-state index in [1.54, 1.807) is 24.3 Å². The number of hydrogen-bond acceptors (Lipinski definition) is 7. The van der Waals surface area contributed by atoms with Gasteiger partial charge in [0.2, 0.25) is 0 Å². The lowest BCUT2D eigenvalue weighted by Crippen LogP contribution is -2.64. The molecule has 2 amide bonds. The van der Waals surface area contributed by atoms with Crippen molar-refractivity contribution < 1.29 is 22.7 Å². The highest BCUT2D eigenvalue weighted by Gasteiger charge is 2.39. The van der Waals surface area contributed by atoms with Crippen molar-refractivity contribution in [1.29, 1.82) is 0 Å². The normalized spacial score (nSPS) is 22.3. The minimum atomic E-state index is -4.45. The van der Waals surface area contributed by atoms with Crippen LogP contribution in [0.1, 0.15) is 12.8 Å². The Hall–Kier alpha value is -3.45. The van der Waals surface area contributed by atoms with Gasteiger partial charge in [-0.1, -0.05) is 0 Å². The third-order valence-electron chi connectivity index (χ3n) is 6.82. The molecular formula is C24H27F3N8O2. The number of halogens is 3. The minimum absolute atomic E-state index is 0.00553. The lowest BCUT2D eigenvalue weighted by atomic mass is 10.0. The van der Waals surface area contributed by atoms with Gasteiger partial charge in [-0.05, 0) is 44.2 Å². The lowest BCUT2D eigenvalue weighted by Gasteiger charge is -2.49. The Kier molecular flexibility index (Phi) is 5.91. The molecule has 2 atom stereocenters. The van der Waals surface area contributed by atoms with E-state index in [1.807, 2.05) is 7.05 Å². The van der Waals surface area contributed by atoms with E-state index in [0.29, 0.717) is 41.5 Å². The molecule has 37 heavy (non-hydrogen) atoms. The summed E-state index contributed by atoms with van der Waals surface area (Å²) in [4.78, 5) is 25.8. The molecule has 10 nitrogen and oxygen atoms in total. The van der Waals surface area contributed by atoms with Crippen molar-refractivity contribution in [3.05, 3.63) is 30.5 Å². The predicted molar refractivity (Wildman–Crippen MR) is 130 cm³/mol. The Labute approximate surface area is 210 Å². The summed E-state index contributed by atoms with van der Waals surface area (Å²) in [5, 5.41) is 10.2. The van der Waals surface area contributed by atoms with Gasteiger partial charge in [0, 0.05) is 30.4 Å². The van der Waals surface area contributed by atoms with Crippen LogP contribution in [0.2, 0.25) is 0 Å². The first-order valence-corrected chi connectivity index (χ1v) is 12.3. The molecule has 2 bridgehead atoms. The molecule has 13 heteroatoms. The van der Waals surface area contributed by atoms with Crippen LogP contribution in [0, 0.1) is 0 Å². The molecule has 4 heterocycles. The van der Waals surface area contributed by atoms with Crippen LogP contribution in [0.15, 0.2) is 30.5 Å². The molecule has 0 radical (unpaired) electrons. The highest BCUT2D eigenvalue weighted by molar-refractivity contribution is 5.91. The Morgan fingerprint density at radius 1 is 1.11 bits per heavy atom. The maximum Gasteiger partial charge on any atom is 0.408 e. The van der Waals surface area contributed by atoms with Crippen molar-refractivity contribution in [1.82, 2.24) is 30.0 Å². The number of fused-ring (bicyclic) bond motifs is 3. The summed E-state index contributed by atoms with van der Waals surface area (Å²) in [5.41, 5.74) is 1.34. The number of anilines is 2. The second kappa shape index (κ2) is 9.14. The quantitative estimate of drug-likeness (QED) is 0.538. The SMILES string of the molecule is CN1CC2COCC(C1)N2c1nc(-c2ccc(NC(=O)NC3CC3)cc2)nc2c1cnn2CC(F)(F)F. The number of rotatable bonds is 5. The van der Waals surface area contributed by atoms with Gasteiger partial charge in [0.15, 0.2) is 11.5 Å². The standard InChI is InChI=1S/C24H27F3N8O2/c1-33-9-17-11-37-12-18(10-33)35(17)22-19-8-28-34(13-24(25,26)27)21(19)31-20(32-22)14-2-4-15(5-3-14)29-23(36)30-16-6-7-16/h2-5,8,16-18H,6-7,9-13H2,1H3,(H2,29,30,36). The molecule has 2 aliphatic heterocycles. The molecule has 2 unspecified atom stereocenters. The van der Waals surface area contributed by atoms with Crippen molar-refractivity contribution in [2.24, 2.45) is 0 Å². The largest absolute Gasteiger partial charge is 0.408 e. The van der Waals surface area contributed by atoms with Gasteiger partial charge in [0.25, 0.3) is 0 Å². The lowest BCUT2D eigenvalue weighted by molar-refractivity contribution is -0.141. The van der Waals surface area contributed by atoms with Crippen LogP contribution < -0.4 is 15.5 Å². The molecule has 0 spiro atoms. The first kappa shape index (κ1) is 23.9. The summed E-state index contributed by atoms with van der Waals surface area (Å²) in [6.45, 7) is 1.25. The van der Waals surface area contributed by atoms with Gasteiger partial charge in [-0.25, -0.2) is 19.4 Å². The molecule has 3 aliphatic rings. The van der Waals surface area contributed by atoms with Crippen LogP contribution in [0.25, 0.3) is 22.4 Å². The third-order valence-corrected chi connectivity index (χ3v) is 6.82. The fraction of sp³-hybridized carbons (Fsp3) is 0.500. The van der Waals surface area contributed by atoms with Gasteiger partial charge >= 0.3 is 12.2 Å². The average molecular weight is 517 g/mol. The number of nitrogens with one attached hydrogen (secondary N) is 2. The highest BCUT2D eigenvalue weighted by Crippen LogP contribution is 2.34. The van der Waals surface area contributed by atoms with Crippen molar-refractivity contribution in [3.8, 4) is 11.4 Å². The summed E-state index contributed by atoms with van der Waals surface area (Å²) in [5.74, 6) is 0.851. The number of urea groups is 1. The average Bonchev–Trinajstić information content (AvgIpc) is 3.56. The first-order valence-electron chi connectivity index (χ1n) is 12.3. The molecule has 6 rings (SSSR count). The molecule has 3 aromatic rings. The molecule has 1 saturated carbocycles. The zero-order valence-corrected chi connectivity index (χ0v) is 20.2. The van der Waals surface area contributed by atoms with Gasteiger partial charge in [-0.15, -0.1) is 0 Å². The molecule has 1 aromatic carbocycles. The van der Waals surface area contributed by atoms with Crippen LogP contribution in [-0.2, 0) is 11.3 Å². The number of likely N-dealkylation sites (N-methyl/N-ethyl adjacent to an activating group) is 1. The van der Waals surface area contributed by atoms with Crippen LogP contribution in [0.4, 0.5) is 29.5 Å². The Morgan fingerprint density at radius 3 is 2.46 bits per heavy atom. The second-order valence-corrected chi connectivity index (χ2v) is 9.95. The van der Waals surface area contributed by atoms with Gasteiger partial charge in [0.1, 0.15) is 12.4 Å². The van der Waals surface area contributed by atoms with Gasteiger partial charge in [-0.3, -0.25) is 0 Å². The van der Waals surface area contributed by atoms with E-state index in [0.717, 1.165) is 30.6 Å². The topological polar surface area (TPSA) is 100 Å². The first-order chi connectivity index (χ1) is 17.7. The van der Waals surface area contributed by atoms with E-state index < -0.39 is 12.7 Å². The Morgan fingerprint density at radius 2 is 1.81 bits per heavy atom. The van der Waals surface area contributed by atoms with Crippen molar-refractivity contribution in [2.75, 3.05) is 43.6 Å². The van der Waals surface area contributed by atoms with E-state index in [-0.39, 0.29) is 29.8 Å². The number of nitrogens with zero attached hydrogens (tertiary/aromatic N) is 6. The smallest absolute Gasteiger partial charge is 0.377 e. The number of alkyl halides is 3. The molecule has 1 aliphatic carbocycles. The molecule has 3 fully saturated rings. The molecule has 2 aromatic heterocycles. The van der Waals surface area contributed by atoms with E-state index >= 15 is 0 Å². The monoisotopic (exact) mass is 516 g/mol. The maximum atomic E-state index is 13.3. The Bertz CT molecular complexity index is 1290. The fourth-order valence-electron chi connectivity index (χ4n) is 5.05. The van der Waals surface area contributed by atoms with Gasteiger partial charge in [-0.2, -0.15) is 18.3 Å². The predicted octanol–water partition coefficient (Wildman–Crippen LogP) is 2.86. The van der Waals surface area contributed by atoms with Crippen LogP contribution in [0.3, 0.4) is 0 Å². The van der Waals surface area contributed by atoms with E-state index in [2.05, 4.69) is 30.5 Å². The zero-order valence-electron chi connectivity index (χ0n) is 20.2. The summed E-state index contributed by atoms with van der Waals surface area (Å²) in [6.07, 6.45) is -1.06. The zero-order chi connectivity index (χ0) is 25.7. The molecule has 2 saturated heterocycles. The number of piperazine rings is 1. The second-order valence-electron chi connectivity index (χ2n) is 9.95. The van der Waals surface area contributed by atoms with E-state index in [9.17, 15) is 18.0 Å². The number of ether oxygens (including phenoxy) is 1. The van der Waals surface area contributed by atoms with Crippen molar-refractivity contribution >= 4 is 28.6 Å². The maximum absolute atomic E-state index is 13.3. The van der Waals surface area contributed by atoms with Crippen LogP contribution in [0.5, 0.6) is 0 Å². The number of benzene rings is 1.